The van der Waals surface area contributed by atoms with Gasteiger partial charge >= 0.3 is 18.2 Å². The van der Waals surface area contributed by atoms with Crippen LogP contribution >= 0.6 is 0 Å². The Morgan fingerprint density at radius 2 is 1.64 bits per heavy atom. The van der Waals surface area contributed by atoms with Crippen molar-refractivity contribution in [3.05, 3.63) is 59.7 Å². The van der Waals surface area contributed by atoms with Gasteiger partial charge in [0.25, 0.3) is 0 Å². The molecule has 1 atom stereocenters. The van der Waals surface area contributed by atoms with E-state index in [2.05, 4.69) is 17.4 Å². The van der Waals surface area contributed by atoms with E-state index in [4.69, 9.17) is 9.47 Å². The van der Waals surface area contributed by atoms with Crippen molar-refractivity contribution >= 4 is 24.1 Å². The van der Waals surface area contributed by atoms with Crippen LogP contribution in [0.2, 0.25) is 0 Å². The SMILES string of the molecule is CC(C)(C)OC(=O)N1CCC[C@H]1C(=O)N(CCNC(=O)OCC1c2ccccc2-c2ccccc21)CC(=O)O. The molecule has 1 fully saturated rings. The van der Waals surface area contributed by atoms with Gasteiger partial charge in [0.1, 0.15) is 24.8 Å². The number of rotatable bonds is 8. The molecule has 0 saturated carbocycles. The van der Waals surface area contributed by atoms with Crippen LogP contribution in [0.1, 0.15) is 50.7 Å². The predicted molar refractivity (Wildman–Crippen MR) is 143 cm³/mol. The molecule has 208 valence electrons. The number of carbonyl (C=O) groups is 4. The fourth-order valence-corrected chi connectivity index (χ4v) is 5.15. The predicted octanol–water partition coefficient (Wildman–Crippen LogP) is 3.84. The van der Waals surface area contributed by atoms with E-state index in [-0.39, 0.29) is 25.6 Å². The third-order valence-corrected chi connectivity index (χ3v) is 6.80. The maximum Gasteiger partial charge on any atom is 0.410 e. The third kappa shape index (κ3) is 6.68. The average Bonchev–Trinajstić information content (AvgIpc) is 3.49. The maximum atomic E-state index is 13.2. The summed E-state index contributed by atoms with van der Waals surface area (Å²) in [5.74, 6) is -1.77. The molecule has 1 saturated heterocycles. The Hall–Kier alpha value is -4.08. The van der Waals surface area contributed by atoms with Crippen molar-refractivity contribution in [3.63, 3.8) is 0 Å². The Morgan fingerprint density at radius 3 is 2.23 bits per heavy atom. The lowest BCUT2D eigenvalue weighted by Gasteiger charge is -2.31. The first-order chi connectivity index (χ1) is 18.5. The Bertz CT molecular complexity index is 1190. The number of ether oxygens (including phenoxy) is 2. The van der Waals surface area contributed by atoms with Crippen molar-refractivity contribution in [2.24, 2.45) is 0 Å². The molecular formula is C29H35N3O7. The third-order valence-electron chi connectivity index (χ3n) is 6.80. The van der Waals surface area contributed by atoms with Crippen LogP contribution in [-0.4, -0.2) is 83.4 Å². The van der Waals surface area contributed by atoms with E-state index in [1.807, 2.05) is 36.4 Å². The number of hydrogen-bond acceptors (Lipinski definition) is 6. The zero-order valence-electron chi connectivity index (χ0n) is 22.5. The Labute approximate surface area is 227 Å². The molecule has 1 heterocycles. The number of benzene rings is 2. The lowest BCUT2D eigenvalue weighted by molar-refractivity contribution is -0.146. The number of nitrogens with one attached hydrogen (secondary N) is 1. The van der Waals surface area contributed by atoms with Crippen molar-refractivity contribution in [2.45, 2.75) is 51.2 Å². The largest absolute Gasteiger partial charge is 0.480 e. The highest BCUT2D eigenvalue weighted by Gasteiger charge is 2.39. The number of amides is 3. The summed E-state index contributed by atoms with van der Waals surface area (Å²) in [6, 6.07) is 15.2. The molecule has 1 aliphatic heterocycles. The molecule has 3 amide bonds. The molecular weight excluding hydrogens is 502 g/mol. The first-order valence-corrected chi connectivity index (χ1v) is 13.1. The van der Waals surface area contributed by atoms with E-state index in [1.165, 1.54) is 4.90 Å². The fourth-order valence-electron chi connectivity index (χ4n) is 5.15. The van der Waals surface area contributed by atoms with Crippen molar-refractivity contribution in [1.29, 1.82) is 0 Å². The smallest absolute Gasteiger partial charge is 0.410 e. The molecule has 39 heavy (non-hydrogen) atoms. The van der Waals surface area contributed by atoms with Crippen molar-refractivity contribution < 1.29 is 33.8 Å². The molecule has 0 bridgehead atoms. The molecule has 0 unspecified atom stereocenters. The van der Waals surface area contributed by atoms with Crippen molar-refractivity contribution in [3.8, 4) is 11.1 Å². The van der Waals surface area contributed by atoms with E-state index in [9.17, 15) is 24.3 Å². The summed E-state index contributed by atoms with van der Waals surface area (Å²) in [6.07, 6.45) is -0.246. The first kappa shape index (κ1) is 27.9. The van der Waals surface area contributed by atoms with Gasteiger partial charge in [-0.15, -0.1) is 0 Å². The van der Waals surface area contributed by atoms with Crippen LogP contribution in [0.25, 0.3) is 11.1 Å². The van der Waals surface area contributed by atoms with Crippen LogP contribution in [-0.2, 0) is 19.1 Å². The van der Waals surface area contributed by atoms with Crippen LogP contribution in [0.3, 0.4) is 0 Å². The number of carbonyl (C=O) groups excluding carboxylic acids is 3. The van der Waals surface area contributed by atoms with Crippen LogP contribution in [0.5, 0.6) is 0 Å². The van der Waals surface area contributed by atoms with Crippen LogP contribution in [0.15, 0.2) is 48.5 Å². The Balaban J connectivity index is 1.32. The van der Waals surface area contributed by atoms with Gasteiger partial charge < -0.3 is 24.8 Å². The maximum absolute atomic E-state index is 13.2. The van der Waals surface area contributed by atoms with E-state index < -0.39 is 42.3 Å². The normalized spacial score (nSPS) is 16.3. The summed E-state index contributed by atoms with van der Waals surface area (Å²) >= 11 is 0. The summed E-state index contributed by atoms with van der Waals surface area (Å²) in [7, 11) is 0. The number of carboxylic acid groups (broad SMARTS) is 1. The van der Waals surface area contributed by atoms with E-state index >= 15 is 0 Å². The number of likely N-dealkylation sites (tertiary alicyclic amines) is 1. The van der Waals surface area contributed by atoms with Gasteiger partial charge in [-0.1, -0.05) is 48.5 Å². The van der Waals surface area contributed by atoms with Gasteiger partial charge in [-0.05, 0) is 55.9 Å². The second-order valence-electron chi connectivity index (χ2n) is 10.7. The number of nitrogens with zero attached hydrogens (tertiary/aromatic N) is 2. The minimum absolute atomic E-state index is 0.00511. The van der Waals surface area contributed by atoms with Crippen molar-refractivity contribution in [2.75, 3.05) is 32.8 Å². The van der Waals surface area contributed by atoms with Gasteiger partial charge in [0, 0.05) is 25.6 Å². The number of aliphatic carboxylic acids is 1. The van der Waals surface area contributed by atoms with Gasteiger partial charge in [-0.25, -0.2) is 9.59 Å². The molecule has 1 aliphatic carbocycles. The molecule has 0 aromatic heterocycles. The molecule has 10 heteroatoms. The van der Waals surface area contributed by atoms with Crippen LogP contribution in [0, 0.1) is 0 Å². The Morgan fingerprint density at radius 1 is 1.03 bits per heavy atom. The summed E-state index contributed by atoms with van der Waals surface area (Å²) in [4.78, 5) is 52.3. The minimum atomic E-state index is -1.19. The van der Waals surface area contributed by atoms with Gasteiger partial charge in [-0.2, -0.15) is 0 Å². The second kappa shape index (κ2) is 11.8. The quantitative estimate of drug-likeness (QED) is 0.524. The summed E-state index contributed by atoms with van der Waals surface area (Å²) in [5, 5.41) is 12.0. The standard InChI is InChI=1S/C29H35N3O7/c1-29(2,3)39-28(37)32-15-8-13-24(32)26(35)31(17-25(33)34)16-14-30-27(36)38-18-23-21-11-6-4-9-19(21)20-10-5-7-12-22(20)23/h4-7,9-12,23-24H,8,13-18H2,1-3H3,(H,30,36)(H,33,34)/t24-/m0/s1. The molecule has 10 nitrogen and oxygen atoms in total. The molecule has 2 aliphatic rings. The molecule has 2 aromatic rings. The van der Waals surface area contributed by atoms with Crippen LogP contribution in [0.4, 0.5) is 9.59 Å². The van der Waals surface area contributed by atoms with E-state index in [1.54, 1.807) is 20.8 Å². The number of carboxylic acids is 1. The highest BCUT2D eigenvalue weighted by molar-refractivity contribution is 5.88. The molecule has 2 aromatic carbocycles. The Kier molecular flexibility index (Phi) is 8.42. The number of alkyl carbamates (subject to hydrolysis) is 1. The average molecular weight is 538 g/mol. The van der Waals surface area contributed by atoms with Gasteiger partial charge in [0.05, 0.1) is 0 Å². The van der Waals surface area contributed by atoms with Gasteiger partial charge in [-0.3, -0.25) is 14.5 Å². The van der Waals surface area contributed by atoms with E-state index in [0.29, 0.717) is 19.4 Å². The highest BCUT2D eigenvalue weighted by Crippen LogP contribution is 2.44. The first-order valence-electron chi connectivity index (χ1n) is 13.1. The monoisotopic (exact) mass is 537 g/mol. The molecule has 2 N–H and O–H groups in total. The lowest BCUT2D eigenvalue weighted by atomic mass is 9.98. The second-order valence-corrected chi connectivity index (χ2v) is 10.7. The molecule has 0 spiro atoms. The summed E-state index contributed by atoms with van der Waals surface area (Å²) in [5.41, 5.74) is 3.71. The number of fused-ring (bicyclic) bond motifs is 3. The molecule has 0 radical (unpaired) electrons. The van der Waals surface area contributed by atoms with Crippen molar-refractivity contribution in [1.82, 2.24) is 15.1 Å². The highest BCUT2D eigenvalue weighted by atomic mass is 16.6. The summed E-state index contributed by atoms with van der Waals surface area (Å²) in [6.45, 7) is 5.11. The van der Waals surface area contributed by atoms with E-state index in [0.717, 1.165) is 27.2 Å². The summed E-state index contributed by atoms with van der Waals surface area (Å²) < 4.78 is 10.9. The fraction of sp³-hybridized carbons (Fsp3) is 0.448. The molecule has 4 rings (SSSR count). The minimum Gasteiger partial charge on any atom is -0.480 e. The van der Waals surface area contributed by atoms with Crippen LogP contribution < -0.4 is 5.32 Å². The van der Waals surface area contributed by atoms with Gasteiger partial charge in [0.15, 0.2) is 0 Å². The van der Waals surface area contributed by atoms with Gasteiger partial charge in [0.2, 0.25) is 5.91 Å². The lowest BCUT2D eigenvalue weighted by Crippen LogP contribution is -2.51. The number of hydrogen-bond donors (Lipinski definition) is 2. The topological polar surface area (TPSA) is 125 Å². The zero-order chi connectivity index (χ0) is 28.2. The zero-order valence-corrected chi connectivity index (χ0v) is 22.5.